The third-order valence-corrected chi connectivity index (χ3v) is 4.91. The molecular weight excluding hydrogens is 294 g/mol. The zero-order chi connectivity index (χ0) is 16.1. The second-order valence-corrected chi connectivity index (χ2v) is 6.13. The quantitative estimate of drug-likeness (QED) is 0.892. The lowest BCUT2D eigenvalue weighted by Gasteiger charge is -2.41. The molecule has 2 aliphatic rings. The molecule has 0 fully saturated rings. The highest BCUT2D eigenvalue weighted by Crippen LogP contribution is 2.47. The van der Waals surface area contributed by atoms with E-state index >= 15 is 0 Å². The van der Waals surface area contributed by atoms with Crippen molar-refractivity contribution in [2.45, 2.75) is 19.0 Å². The van der Waals surface area contributed by atoms with Gasteiger partial charge in [0.15, 0.2) is 23.0 Å². The monoisotopic (exact) mass is 313 g/mol. The molecule has 0 spiro atoms. The molecule has 5 heteroatoms. The number of rotatable bonds is 2. The van der Waals surface area contributed by atoms with Crippen LogP contribution in [0.1, 0.15) is 28.2 Å². The first-order valence-corrected chi connectivity index (χ1v) is 7.63. The number of methoxy groups -OCH3 is 2. The van der Waals surface area contributed by atoms with Crippen molar-refractivity contribution in [2.75, 3.05) is 20.8 Å². The van der Waals surface area contributed by atoms with Crippen LogP contribution in [0.2, 0.25) is 0 Å². The summed E-state index contributed by atoms with van der Waals surface area (Å²) in [5.41, 5.74) is 4.31. The van der Waals surface area contributed by atoms with Crippen molar-refractivity contribution in [3.63, 3.8) is 0 Å². The average Bonchev–Trinajstić information content (AvgIpc) is 2.55. The number of nitrogens with zero attached hydrogens (tertiary/aromatic N) is 1. The van der Waals surface area contributed by atoms with Crippen LogP contribution >= 0.6 is 0 Å². The number of benzene rings is 2. The van der Waals surface area contributed by atoms with Gasteiger partial charge in [-0.2, -0.15) is 0 Å². The van der Waals surface area contributed by atoms with Crippen LogP contribution in [-0.4, -0.2) is 35.9 Å². The van der Waals surface area contributed by atoms with Crippen LogP contribution in [-0.2, 0) is 13.1 Å². The molecule has 2 aromatic carbocycles. The fourth-order valence-corrected chi connectivity index (χ4v) is 3.81. The predicted octanol–water partition coefficient (Wildman–Crippen LogP) is 2.58. The molecule has 4 rings (SSSR count). The highest BCUT2D eigenvalue weighted by Gasteiger charge is 2.35. The molecule has 2 N–H and O–H groups in total. The van der Waals surface area contributed by atoms with E-state index in [2.05, 4.69) is 4.90 Å². The minimum absolute atomic E-state index is 0.161. The van der Waals surface area contributed by atoms with E-state index in [-0.39, 0.29) is 17.4 Å². The Hall–Kier alpha value is -2.40. The van der Waals surface area contributed by atoms with Gasteiger partial charge in [0.2, 0.25) is 0 Å². The van der Waals surface area contributed by atoms with E-state index in [1.165, 1.54) is 0 Å². The molecule has 2 bridgehead atoms. The van der Waals surface area contributed by atoms with Crippen molar-refractivity contribution >= 4 is 0 Å². The zero-order valence-electron chi connectivity index (χ0n) is 13.2. The van der Waals surface area contributed by atoms with Gasteiger partial charge in [-0.25, -0.2) is 0 Å². The number of aromatic hydroxyl groups is 2. The van der Waals surface area contributed by atoms with Crippen LogP contribution in [0.5, 0.6) is 23.0 Å². The Balaban J connectivity index is 1.89. The summed E-state index contributed by atoms with van der Waals surface area (Å²) < 4.78 is 10.5. The van der Waals surface area contributed by atoms with Crippen LogP contribution in [0.3, 0.4) is 0 Å². The Morgan fingerprint density at radius 2 is 1.78 bits per heavy atom. The van der Waals surface area contributed by atoms with Crippen molar-refractivity contribution in [1.29, 1.82) is 0 Å². The Kier molecular flexibility index (Phi) is 3.13. The van der Waals surface area contributed by atoms with E-state index in [0.717, 1.165) is 35.3 Å². The molecule has 0 aromatic heterocycles. The van der Waals surface area contributed by atoms with Crippen molar-refractivity contribution in [3.8, 4) is 23.0 Å². The average molecular weight is 313 g/mol. The summed E-state index contributed by atoms with van der Waals surface area (Å²) in [6.45, 7) is 2.33. The smallest absolute Gasteiger partial charge is 0.162 e. The van der Waals surface area contributed by atoms with Gasteiger partial charge in [-0.15, -0.1) is 0 Å². The Morgan fingerprint density at radius 1 is 1.00 bits per heavy atom. The first-order chi connectivity index (χ1) is 11.1. The van der Waals surface area contributed by atoms with Gasteiger partial charge < -0.3 is 19.7 Å². The molecule has 2 heterocycles. The minimum Gasteiger partial charge on any atom is -0.504 e. The maximum absolute atomic E-state index is 10.5. The lowest BCUT2D eigenvalue weighted by Crippen LogP contribution is -2.38. The molecule has 2 aliphatic heterocycles. The number of hydrogen-bond donors (Lipinski definition) is 2. The fraction of sp³-hybridized carbons (Fsp3) is 0.333. The predicted molar refractivity (Wildman–Crippen MR) is 85.3 cm³/mol. The molecule has 2 aromatic rings. The Morgan fingerprint density at radius 3 is 2.52 bits per heavy atom. The summed E-state index contributed by atoms with van der Waals surface area (Å²) in [6, 6.07) is 7.56. The molecule has 120 valence electrons. The van der Waals surface area contributed by atoms with E-state index < -0.39 is 0 Å². The number of phenols is 2. The van der Waals surface area contributed by atoms with Gasteiger partial charge in [0.1, 0.15) is 0 Å². The van der Waals surface area contributed by atoms with Gasteiger partial charge in [-0.05, 0) is 34.9 Å². The Bertz CT molecular complexity index is 787. The largest absolute Gasteiger partial charge is 0.504 e. The molecule has 0 radical (unpaired) electrons. The van der Waals surface area contributed by atoms with Crippen LogP contribution in [0.25, 0.3) is 0 Å². The summed E-state index contributed by atoms with van der Waals surface area (Å²) in [6.07, 6.45) is 0. The molecule has 0 aliphatic carbocycles. The molecule has 0 amide bonds. The SMILES string of the molecule is COc1cc2c(cc1O)CN1Cc3c(ccc(OC)c3O)[C@H]2C1. The number of hydrogen-bond acceptors (Lipinski definition) is 5. The van der Waals surface area contributed by atoms with E-state index in [0.29, 0.717) is 18.0 Å². The first kappa shape index (κ1) is 14.2. The van der Waals surface area contributed by atoms with E-state index in [4.69, 9.17) is 9.47 Å². The van der Waals surface area contributed by atoms with E-state index in [9.17, 15) is 10.2 Å². The van der Waals surface area contributed by atoms with Crippen molar-refractivity contribution in [2.24, 2.45) is 0 Å². The van der Waals surface area contributed by atoms with Crippen LogP contribution in [0.4, 0.5) is 0 Å². The maximum atomic E-state index is 10.5. The summed E-state index contributed by atoms with van der Waals surface area (Å²) in [4.78, 5) is 2.28. The van der Waals surface area contributed by atoms with Crippen LogP contribution in [0.15, 0.2) is 24.3 Å². The summed E-state index contributed by atoms with van der Waals surface area (Å²) in [5, 5.41) is 20.5. The van der Waals surface area contributed by atoms with E-state index in [1.54, 1.807) is 20.3 Å². The van der Waals surface area contributed by atoms with Crippen molar-refractivity contribution < 1.29 is 19.7 Å². The van der Waals surface area contributed by atoms with Crippen LogP contribution < -0.4 is 9.47 Å². The van der Waals surface area contributed by atoms with Gasteiger partial charge in [0.25, 0.3) is 0 Å². The van der Waals surface area contributed by atoms with E-state index in [1.807, 2.05) is 18.2 Å². The summed E-state index contributed by atoms with van der Waals surface area (Å²) in [7, 11) is 3.12. The lowest BCUT2D eigenvalue weighted by atomic mass is 9.79. The highest BCUT2D eigenvalue weighted by atomic mass is 16.5. The molecule has 5 nitrogen and oxygen atoms in total. The topological polar surface area (TPSA) is 62.2 Å². The van der Waals surface area contributed by atoms with Crippen molar-refractivity contribution in [1.82, 2.24) is 4.90 Å². The second kappa shape index (κ2) is 5.06. The summed E-state index contributed by atoms with van der Waals surface area (Å²) in [5.74, 6) is 1.56. The standard InChI is InChI=1S/C18H19NO4/c1-22-16-4-3-11-13-8-19(9-14(11)18(16)21)7-10-5-15(20)17(23-2)6-12(10)13/h3-6,13,20-21H,7-9H2,1-2H3/t13-/m1/s1. The van der Waals surface area contributed by atoms with Crippen LogP contribution in [0, 0.1) is 0 Å². The first-order valence-electron chi connectivity index (χ1n) is 7.63. The minimum atomic E-state index is 0.161. The highest BCUT2D eigenvalue weighted by molar-refractivity contribution is 5.58. The number of fused-ring (bicyclic) bond motifs is 6. The third kappa shape index (κ3) is 2.04. The fourth-order valence-electron chi connectivity index (χ4n) is 3.81. The van der Waals surface area contributed by atoms with Gasteiger partial charge in [-0.3, -0.25) is 4.90 Å². The second-order valence-electron chi connectivity index (χ2n) is 6.13. The Labute approximate surface area is 134 Å². The van der Waals surface area contributed by atoms with Gasteiger partial charge in [0, 0.05) is 31.1 Å². The van der Waals surface area contributed by atoms with Crippen molar-refractivity contribution in [3.05, 3.63) is 46.5 Å². The molecule has 2 atom stereocenters. The molecule has 0 saturated carbocycles. The zero-order valence-corrected chi connectivity index (χ0v) is 13.2. The lowest BCUT2D eigenvalue weighted by molar-refractivity contribution is 0.209. The molecule has 1 unspecified atom stereocenters. The maximum Gasteiger partial charge on any atom is 0.162 e. The third-order valence-electron chi connectivity index (χ3n) is 4.91. The number of ether oxygens (including phenoxy) is 2. The number of phenolic OH excluding ortho intramolecular Hbond substituents is 2. The van der Waals surface area contributed by atoms with Gasteiger partial charge in [0.05, 0.1) is 14.2 Å². The molecular formula is C18H19NO4. The molecule has 0 saturated heterocycles. The molecule has 23 heavy (non-hydrogen) atoms. The normalized spacial score (nSPS) is 21.3. The van der Waals surface area contributed by atoms with Gasteiger partial charge in [-0.1, -0.05) is 6.07 Å². The summed E-state index contributed by atoms with van der Waals surface area (Å²) >= 11 is 0. The van der Waals surface area contributed by atoms with Gasteiger partial charge >= 0.3 is 0 Å².